The third kappa shape index (κ3) is 8.08. The number of alkyl halides is 3. The molecule has 228 valence electrons. The first kappa shape index (κ1) is 31.7. The molecule has 6 atom stereocenters. The van der Waals surface area contributed by atoms with Crippen molar-refractivity contribution < 1.29 is 33.2 Å². The molecule has 2 fully saturated rings. The smallest absolute Gasteiger partial charge is 0.303 e. The molecule has 8 nitrogen and oxygen atoms in total. The average Bonchev–Trinajstić information content (AvgIpc) is 3.66. The second-order valence-electron chi connectivity index (χ2n) is 10.4. The van der Waals surface area contributed by atoms with E-state index >= 15 is 0 Å². The summed E-state index contributed by atoms with van der Waals surface area (Å²) in [7, 11) is 0. The largest absolute Gasteiger partial charge is 0.459 e. The Hall–Kier alpha value is -2.69. The van der Waals surface area contributed by atoms with Gasteiger partial charge >= 0.3 is 5.97 Å². The van der Waals surface area contributed by atoms with E-state index in [9.17, 15) is 4.79 Å². The van der Waals surface area contributed by atoms with Crippen LogP contribution in [0.25, 0.3) is 0 Å². The van der Waals surface area contributed by atoms with Crippen molar-refractivity contribution in [1.82, 2.24) is 0 Å². The number of ether oxygens (including phenoxy) is 6. The molecule has 1 saturated carbocycles. The molecule has 3 aromatic rings. The fourth-order valence-electron chi connectivity index (χ4n) is 5.11. The van der Waals surface area contributed by atoms with E-state index in [1.807, 2.05) is 91.0 Å². The predicted octanol–water partition coefficient (Wildman–Crippen LogP) is 6.54. The first-order valence-corrected chi connectivity index (χ1v) is 14.9. The number of carbonyl (C=O) groups is 1. The van der Waals surface area contributed by atoms with Crippen LogP contribution in [0.4, 0.5) is 0 Å². The maximum atomic E-state index is 12.0. The molecule has 0 aromatic heterocycles. The zero-order valence-corrected chi connectivity index (χ0v) is 25.6. The highest BCUT2D eigenvalue weighted by Gasteiger charge is 2.72. The van der Waals surface area contributed by atoms with Gasteiger partial charge in [-0.15, -0.1) is 0 Å². The van der Waals surface area contributed by atoms with E-state index in [-0.39, 0.29) is 19.8 Å². The topological polar surface area (TPSA) is 96.3 Å². The van der Waals surface area contributed by atoms with Crippen molar-refractivity contribution >= 4 is 46.7 Å². The molecule has 1 unspecified atom stereocenters. The van der Waals surface area contributed by atoms with Gasteiger partial charge in [0, 0.05) is 13.3 Å². The number of hydrogen-bond donors (Lipinski definition) is 1. The molecule has 11 heteroatoms. The van der Waals surface area contributed by atoms with E-state index in [2.05, 4.69) is 0 Å². The Morgan fingerprint density at radius 3 is 1.72 bits per heavy atom. The second kappa shape index (κ2) is 13.9. The summed E-state index contributed by atoms with van der Waals surface area (Å²) < 4.78 is 35.4. The van der Waals surface area contributed by atoms with Crippen LogP contribution < -0.4 is 0 Å². The van der Waals surface area contributed by atoms with Crippen LogP contribution in [0.2, 0.25) is 0 Å². The molecule has 1 aliphatic carbocycles. The maximum Gasteiger partial charge on any atom is 0.303 e. The Morgan fingerprint density at radius 2 is 1.26 bits per heavy atom. The highest BCUT2D eigenvalue weighted by Crippen LogP contribution is 2.53. The summed E-state index contributed by atoms with van der Waals surface area (Å²) in [4.78, 5) is 12.0. The van der Waals surface area contributed by atoms with Gasteiger partial charge in [-0.25, -0.2) is 0 Å². The summed E-state index contributed by atoms with van der Waals surface area (Å²) in [5.74, 6) is -1.12. The van der Waals surface area contributed by atoms with Crippen molar-refractivity contribution in [3.8, 4) is 0 Å². The van der Waals surface area contributed by atoms with Crippen molar-refractivity contribution in [1.29, 1.82) is 5.41 Å². The zero-order chi connectivity index (χ0) is 30.5. The van der Waals surface area contributed by atoms with Crippen LogP contribution in [0, 0.1) is 5.41 Å². The van der Waals surface area contributed by atoms with Gasteiger partial charge in [-0.3, -0.25) is 10.2 Å². The van der Waals surface area contributed by atoms with E-state index in [1.54, 1.807) is 0 Å². The highest BCUT2D eigenvalue weighted by molar-refractivity contribution is 6.76. The Morgan fingerprint density at radius 1 is 0.791 bits per heavy atom. The van der Waals surface area contributed by atoms with Crippen LogP contribution in [-0.2, 0) is 53.0 Å². The van der Waals surface area contributed by atoms with Crippen molar-refractivity contribution in [2.24, 2.45) is 0 Å². The summed E-state index contributed by atoms with van der Waals surface area (Å²) in [6.07, 6.45) is -4.12. The lowest BCUT2D eigenvalue weighted by Crippen LogP contribution is -2.63. The molecule has 5 rings (SSSR count). The lowest BCUT2D eigenvalue weighted by atomic mass is 9.95. The third-order valence-electron chi connectivity index (χ3n) is 7.24. The molecular formula is C32H32Cl3NO7. The number of esters is 1. The van der Waals surface area contributed by atoms with Crippen LogP contribution in [-0.4, -0.2) is 52.0 Å². The van der Waals surface area contributed by atoms with Crippen LogP contribution >= 0.6 is 34.8 Å². The van der Waals surface area contributed by atoms with Crippen molar-refractivity contribution in [2.45, 2.75) is 73.3 Å². The number of halogens is 3. The predicted molar refractivity (Wildman–Crippen MR) is 162 cm³/mol. The third-order valence-corrected chi connectivity index (χ3v) is 7.75. The van der Waals surface area contributed by atoms with E-state index in [0.29, 0.717) is 6.42 Å². The fourth-order valence-corrected chi connectivity index (χ4v) is 5.24. The van der Waals surface area contributed by atoms with Crippen molar-refractivity contribution in [3.63, 3.8) is 0 Å². The maximum absolute atomic E-state index is 12.0. The normalized spacial score (nSPS) is 26.6. The van der Waals surface area contributed by atoms with Gasteiger partial charge in [-0.2, -0.15) is 0 Å². The van der Waals surface area contributed by atoms with Crippen molar-refractivity contribution in [3.05, 3.63) is 108 Å². The molecule has 1 N–H and O–H groups in total. The number of carbonyl (C=O) groups excluding carboxylic acids is 1. The van der Waals surface area contributed by atoms with E-state index in [1.165, 1.54) is 6.92 Å². The van der Waals surface area contributed by atoms with Crippen LogP contribution in [0.5, 0.6) is 0 Å². The quantitative estimate of drug-likeness (QED) is 0.109. The van der Waals surface area contributed by atoms with Gasteiger partial charge in [0.15, 0.2) is 0 Å². The van der Waals surface area contributed by atoms with Gasteiger partial charge in [0.05, 0.1) is 19.8 Å². The lowest BCUT2D eigenvalue weighted by molar-refractivity contribution is -0.321. The van der Waals surface area contributed by atoms with Crippen LogP contribution in [0.1, 0.15) is 30.0 Å². The van der Waals surface area contributed by atoms with Gasteiger partial charge in [-0.05, 0) is 16.7 Å². The minimum absolute atomic E-state index is 0.173. The lowest BCUT2D eigenvalue weighted by Gasteiger charge is -2.46. The SMILES string of the molecule is CC(=O)OC1C[C@@]12O[C@H](OC(=N)C(Cl)(Cl)Cl)[C@@H](OCc1ccccc1)[C@@H](OCc1ccccc1)[C@@H]2OCc1ccccc1. The first-order valence-electron chi connectivity index (χ1n) is 13.8. The van der Waals surface area contributed by atoms with Gasteiger partial charge in [0.25, 0.3) is 3.79 Å². The van der Waals surface area contributed by atoms with Crippen LogP contribution in [0.3, 0.4) is 0 Å². The standard InChI is InChI=1S/C32H32Cl3NO7/c1-21(37)41-25-17-31(25)28(40-20-24-15-9-4-10-16-24)26(38-18-22-11-5-2-6-12-22)27(39-19-23-13-7-3-8-14-23)29(43-31)42-30(36)32(33,34)35/h2-16,25-29,36H,17-20H2,1H3/t25?,26-,27+,28+,29+,31-/m1/s1. The molecule has 1 heterocycles. The fraction of sp³-hybridized carbons (Fsp3) is 0.375. The summed E-state index contributed by atoms with van der Waals surface area (Å²) in [5, 5.41) is 8.31. The minimum atomic E-state index is -2.15. The van der Waals surface area contributed by atoms with Gasteiger partial charge in [0.1, 0.15) is 30.0 Å². The van der Waals surface area contributed by atoms with Gasteiger partial charge in [0.2, 0.25) is 12.2 Å². The summed E-state index contributed by atoms with van der Waals surface area (Å²) in [5.41, 5.74) is 1.59. The molecule has 0 radical (unpaired) electrons. The number of nitrogens with one attached hydrogen (secondary N) is 1. The molecule has 0 bridgehead atoms. The van der Waals surface area contributed by atoms with E-state index in [0.717, 1.165) is 16.7 Å². The van der Waals surface area contributed by atoms with Crippen LogP contribution in [0.15, 0.2) is 91.0 Å². The molecule has 2 aliphatic rings. The van der Waals surface area contributed by atoms with Gasteiger partial charge < -0.3 is 28.4 Å². The van der Waals surface area contributed by atoms with E-state index < -0.39 is 52.0 Å². The highest BCUT2D eigenvalue weighted by atomic mass is 35.6. The Kier molecular flexibility index (Phi) is 10.3. The monoisotopic (exact) mass is 647 g/mol. The minimum Gasteiger partial charge on any atom is -0.459 e. The molecule has 1 saturated heterocycles. The molecule has 1 aliphatic heterocycles. The molecule has 43 heavy (non-hydrogen) atoms. The van der Waals surface area contributed by atoms with E-state index in [4.69, 9.17) is 68.6 Å². The summed E-state index contributed by atoms with van der Waals surface area (Å²) >= 11 is 18.0. The zero-order valence-electron chi connectivity index (χ0n) is 23.4. The summed E-state index contributed by atoms with van der Waals surface area (Å²) in [6, 6.07) is 28.9. The number of rotatable bonds is 11. The molecule has 0 amide bonds. The molecular weight excluding hydrogens is 617 g/mol. The Balaban J connectivity index is 1.51. The average molecular weight is 649 g/mol. The Labute approximate surface area is 265 Å². The molecule has 3 aromatic carbocycles. The summed E-state index contributed by atoms with van der Waals surface area (Å²) in [6.45, 7) is 1.95. The number of hydrogen-bond acceptors (Lipinski definition) is 8. The Bertz CT molecular complexity index is 1360. The first-order chi connectivity index (χ1) is 20.7. The van der Waals surface area contributed by atoms with Gasteiger partial charge in [-0.1, -0.05) is 126 Å². The molecule has 1 spiro atoms. The van der Waals surface area contributed by atoms with Crippen molar-refractivity contribution in [2.75, 3.05) is 0 Å². The second-order valence-corrected chi connectivity index (χ2v) is 12.7. The number of benzene rings is 3.